The van der Waals surface area contributed by atoms with Gasteiger partial charge in [-0.25, -0.2) is 0 Å². The number of hydrogen-bond donors (Lipinski definition) is 0. The summed E-state index contributed by atoms with van der Waals surface area (Å²) in [5.74, 6) is 6.19. The van der Waals surface area contributed by atoms with Gasteiger partial charge in [-0.2, -0.15) is 0 Å². The van der Waals surface area contributed by atoms with E-state index in [1.54, 1.807) is 24.8 Å². The van der Waals surface area contributed by atoms with Gasteiger partial charge in [0.05, 0.1) is 9.75 Å². The minimum Gasteiger partial charge on any atom is -0.293 e. The highest BCUT2D eigenvalue weighted by Crippen LogP contribution is 2.18. The highest BCUT2D eigenvalue weighted by Gasteiger charge is 2.09. The monoisotopic (exact) mass is 304 g/mol. The van der Waals surface area contributed by atoms with Gasteiger partial charge >= 0.3 is 0 Å². The molecule has 3 heterocycles. The van der Waals surface area contributed by atoms with Gasteiger partial charge in [0, 0.05) is 36.8 Å². The Hall–Kier alpha value is -2.77. The van der Waals surface area contributed by atoms with E-state index in [2.05, 4.69) is 21.8 Å². The summed E-state index contributed by atoms with van der Waals surface area (Å²) >= 11 is 1.42. The van der Waals surface area contributed by atoms with Crippen molar-refractivity contribution in [2.75, 3.05) is 0 Å². The summed E-state index contributed by atoms with van der Waals surface area (Å²) in [5, 5.41) is 0. The molecule has 3 aromatic rings. The second-order valence-corrected chi connectivity index (χ2v) is 5.70. The Bertz CT molecular complexity index is 830. The molecule has 3 rings (SSSR count). The molecule has 0 atom stereocenters. The van der Waals surface area contributed by atoms with Crippen LogP contribution in [0.1, 0.15) is 25.7 Å². The highest BCUT2D eigenvalue weighted by atomic mass is 32.1. The maximum Gasteiger partial charge on any atom is 0.177 e. The van der Waals surface area contributed by atoms with Crippen LogP contribution in [0, 0.1) is 11.8 Å². The Morgan fingerprint density at radius 3 is 2.55 bits per heavy atom. The smallest absolute Gasteiger partial charge is 0.177 e. The summed E-state index contributed by atoms with van der Waals surface area (Å²) in [6, 6.07) is 11.2. The zero-order chi connectivity index (χ0) is 15.2. The lowest BCUT2D eigenvalue weighted by Gasteiger charge is -1.97. The van der Waals surface area contributed by atoms with Crippen LogP contribution in [-0.4, -0.2) is 15.8 Å². The van der Waals surface area contributed by atoms with Crippen molar-refractivity contribution in [2.45, 2.75) is 6.42 Å². The van der Waals surface area contributed by atoms with Crippen molar-refractivity contribution >= 4 is 17.1 Å². The lowest BCUT2D eigenvalue weighted by molar-refractivity contribution is 0.0996. The molecule has 0 bridgehead atoms. The first-order chi connectivity index (χ1) is 10.8. The molecular formula is C18H12N2OS. The largest absolute Gasteiger partial charge is 0.293 e. The quantitative estimate of drug-likeness (QED) is 0.550. The van der Waals surface area contributed by atoms with Crippen LogP contribution in [0.5, 0.6) is 0 Å². The van der Waals surface area contributed by atoms with Gasteiger partial charge in [-0.1, -0.05) is 17.9 Å². The van der Waals surface area contributed by atoms with Gasteiger partial charge in [0.2, 0.25) is 0 Å². The van der Waals surface area contributed by atoms with Crippen molar-refractivity contribution in [1.82, 2.24) is 9.97 Å². The van der Waals surface area contributed by atoms with E-state index >= 15 is 0 Å². The number of Topliss-reactive ketones (excluding diaryl/α,β-unsaturated/α-hetero) is 1. The lowest BCUT2D eigenvalue weighted by atomic mass is 10.1. The number of aromatic nitrogens is 2. The minimum atomic E-state index is 0.0902. The van der Waals surface area contributed by atoms with Crippen LogP contribution in [0.2, 0.25) is 0 Å². The number of hydrogen-bond acceptors (Lipinski definition) is 4. The van der Waals surface area contributed by atoms with Crippen LogP contribution < -0.4 is 0 Å². The van der Waals surface area contributed by atoms with Crippen LogP contribution in [-0.2, 0) is 6.42 Å². The predicted molar refractivity (Wildman–Crippen MR) is 86.8 cm³/mol. The molecule has 0 N–H and O–H groups in total. The second-order valence-electron chi connectivity index (χ2n) is 4.62. The topological polar surface area (TPSA) is 42.9 Å². The number of nitrogens with zero attached hydrogens (tertiary/aromatic N) is 2. The molecule has 106 valence electrons. The average Bonchev–Trinajstić information content (AvgIpc) is 3.04. The van der Waals surface area contributed by atoms with E-state index in [1.165, 1.54) is 11.3 Å². The fourth-order valence-electron chi connectivity index (χ4n) is 1.90. The Balaban J connectivity index is 1.71. The highest BCUT2D eigenvalue weighted by molar-refractivity contribution is 7.14. The Labute approximate surface area is 132 Å². The van der Waals surface area contributed by atoms with E-state index in [9.17, 15) is 4.79 Å². The maximum atomic E-state index is 12.2. The van der Waals surface area contributed by atoms with Crippen LogP contribution in [0.15, 0.2) is 61.2 Å². The van der Waals surface area contributed by atoms with Crippen LogP contribution in [0.3, 0.4) is 0 Å². The predicted octanol–water partition coefficient (Wildman–Crippen LogP) is 3.36. The molecule has 0 amide bonds. The first-order valence-electron chi connectivity index (χ1n) is 6.75. The first-order valence-corrected chi connectivity index (χ1v) is 7.57. The Kier molecular flexibility index (Phi) is 4.38. The molecule has 22 heavy (non-hydrogen) atoms. The summed E-state index contributed by atoms with van der Waals surface area (Å²) in [7, 11) is 0. The third-order valence-electron chi connectivity index (χ3n) is 2.96. The number of ketones is 1. The first kappa shape index (κ1) is 14.2. The van der Waals surface area contributed by atoms with E-state index in [0.29, 0.717) is 6.42 Å². The van der Waals surface area contributed by atoms with Gasteiger partial charge in [0.15, 0.2) is 5.78 Å². The zero-order valence-corrected chi connectivity index (χ0v) is 12.5. The molecule has 0 fully saturated rings. The lowest BCUT2D eigenvalue weighted by Crippen LogP contribution is -2.01. The molecule has 3 nitrogen and oxygen atoms in total. The Morgan fingerprint density at radius 1 is 1.00 bits per heavy atom. The van der Waals surface area contributed by atoms with E-state index < -0.39 is 0 Å². The van der Waals surface area contributed by atoms with Crippen molar-refractivity contribution in [2.24, 2.45) is 0 Å². The molecule has 0 saturated carbocycles. The van der Waals surface area contributed by atoms with E-state index in [-0.39, 0.29) is 5.78 Å². The van der Waals surface area contributed by atoms with Gasteiger partial charge in [-0.15, -0.1) is 11.3 Å². The van der Waals surface area contributed by atoms with E-state index in [1.807, 2.05) is 36.4 Å². The second kappa shape index (κ2) is 6.79. The van der Waals surface area contributed by atoms with Crippen molar-refractivity contribution in [1.29, 1.82) is 0 Å². The molecule has 0 aliphatic carbocycles. The summed E-state index contributed by atoms with van der Waals surface area (Å²) < 4.78 is 0. The van der Waals surface area contributed by atoms with Crippen molar-refractivity contribution in [3.63, 3.8) is 0 Å². The number of carbonyl (C=O) groups is 1. The third-order valence-corrected chi connectivity index (χ3v) is 4.00. The van der Waals surface area contributed by atoms with Crippen molar-refractivity contribution in [3.05, 3.63) is 82.1 Å². The molecule has 0 aliphatic heterocycles. The van der Waals surface area contributed by atoms with E-state index in [0.717, 1.165) is 20.9 Å². The molecule has 0 radical (unpaired) electrons. The summed E-state index contributed by atoms with van der Waals surface area (Å²) in [4.78, 5) is 21.9. The molecule has 0 saturated heterocycles. The van der Waals surface area contributed by atoms with Crippen LogP contribution in [0.4, 0.5) is 0 Å². The molecule has 0 aliphatic rings. The fourth-order valence-corrected chi connectivity index (χ4v) is 2.70. The number of carbonyl (C=O) groups excluding carboxylic acids is 1. The zero-order valence-electron chi connectivity index (χ0n) is 11.7. The summed E-state index contributed by atoms with van der Waals surface area (Å²) in [6.45, 7) is 0. The third kappa shape index (κ3) is 3.66. The molecule has 0 aromatic carbocycles. The van der Waals surface area contributed by atoms with Crippen molar-refractivity contribution < 1.29 is 4.79 Å². The van der Waals surface area contributed by atoms with Crippen LogP contribution >= 0.6 is 11.3 Å². The van der Waals surface area contributed by atoms with Crippen molar-refractivity contribution in [3.8, 4) is 11.8 Å². The maximum absolute atomic E-state index is 12.2. The molecule has 3 aromatic heterocycles. The Morgan fingerprint density at radius 2 is 1.82 bits per heavy atom. The molecular weight excluding hydrogens is 292 g/mol. The molecule has 4 heteroatoms. The normalized spacial score (nSPS) is 9.82. The van der Waals surface area contributed by atoms with Gasteiger partial charge in [-0.05, 0) is 35.9 Å². The van der Waals surface area contributed by atoms with Crippen LogP contribution in [0.25, 0.3) is 0 Å². The molecule has 0 spiro atoms. The summed E-state index contributed by atoms with van der Waals surface area (Å²) in [5.41, 5.74) is 1.78. The van der Waals surface area contributed by atoms with Gasteiger partial charge in [-0.3, -0.25) is 14.8 Å². The van der Waals surface area contributed by atoms with E-state index in [4.69, 9.17) is 0 Å². The average molecular weight is 304 g/mol. The minimum absolute atomic E-state index is 0.0902. The van der Waals surface area contributed by atoms with Gasteiger partial charge in [0.1, 0.15) is 0 Å². The molecule has 0 unspecified atom stereocenters. The van der Waals surface area contributed by atoms with Gasteiger partial charge in [0.25, 0.3) is 0 Å². The number of pyridine rings is 2. The standard InChI is InChI=1S/C18H12N2OS/c21-17(11-15-4-2-10-20-13-15)18-8-7-16(22-18)6-5-14-3-1-9-19-12-14/h1-4,7-10,12-13H,11H2. The number of rotatable bonds is 3. The fraction of sp³-hybridized carbons (Fsp3) is 0.0556. The van der Waals surface area contributed by atoms with Gasteiger partial charge < -0.3 is 0 Å². The summed E-state index contributed by atoms with van der Waals surface area (Å²) in [6.07, 6.45) is 7.21. The number of thiophene rings is 1. The SMILES string of the molecule is O=C(Cc1cccnc1)c1ccc(C#Cc2cccnc2)s1.